The van der Waals surface area contributed by atoms with Gasteiger partial charge in [-0.05, 0) is 18.2 Å². The zero-order chi connectivity index (χ0) is 20.2. The summed E-state index contributed by atoms with van der Waals surface area (Å²) < 4.78 is 52.8. The molecule has 0 aliphatic carbocycles. The minimum Gasteiger partial charge on any atom is -0.298 e. The van der Waals surface area contributed by atoms with Crippen molar-refractivity contribution in [3.63, 3.8) is 0 Å². The lowest BCUT2D eigenvalue weighted by molar-refractivity contribution is -0.141. The summed E-state index contributed by atoms with van der Waals surface area (Å²) in [5.41, 5.74) is -0.967. The van der Waals surface area contributed by atoms with E-state index in [0.29, 0.717) is 4.88 Å². The predicted molar refractivity (Wildman–Crippen MR) is 95.0 cm³/mol. The molecule has 0 atom stereocenters. The number of anilines is 1. The molecule has 0 bridgehead atoms. The fourth-order valence-corrected chi connectivity index (χ4v) is 2.95. The van der Waals surface area contributed by atoms with Crippen LogP contribution in [0.5, 0.6) is 0 Å². The van der Waals surface area contributed by atoms with Gasteiger partial charge in [-0.1, -0.05) is 37.3 Å². The summed E-state index contributed by atoms with van der Waals surface area (Å²) in [4.78, 5) is 16.4. The normalized spacial score (nSPS) is 10.9. The van der Waals surface area contributed by atoms with Gasteiger partial charge < -0.3 is 0 Å². The number of hydrogen-bond donors (Lipinski definition) is 1. The van der Waals surface area contributed by atoms with Crippen LogP contribution in [0, 0.1) is 5.82 Å². The van der Waals surface area contributed by atoms with Crippen molar-refractivity contribution in [2.45, 2.75) is 20.0 Å². The molecule has 0 radical (unpaired) electrons. The molecular weight excluding hydrogens is 384 g/mol. The van der Waals surface area contributed by atoms with E-state index in [4.69, 9.17) is 0 Å². The molecule has 3 aromatic rings. The molecule has 144 valence electrons. The molecule has 3 rings (SSSR count). The molecular formula is C17H16F4N4OS. The summed E-state index contributed by atoms with van der Waals surface area (Å²) >= 11 is 0.959. The number of thiazole rings is 1. The first kappa shape index (κ1) is 20.6. The van der Waals surface area contributed by atoms with Crippen molar-refractivity contribution in [1.82, 2.24) is 14.8 Å². The van der Waals surface area contributed by atoms with Gasteiger partial charge in [-0.2, -0.15) is 18.3 Å². The maximum absolute atomic E-state index is 13.6. The number of alkyl halides is 3. The highest BCUT2D eigenvalue weighted by molar-refractivity contribution is 7.19. The number of nitrogens with zero attached hydrogens (tertiary/aromatic N) is 3. The van der Waals surface area contributed by atoms with E-state index in [9.17, 15) is 22.4 Å². The van der Waals surface area contributed by atoms with Crippen LogP contribution in [0.4, 0.5) is 22.7 Å². The second-order valence-electron chi connectivity index (χ2n) is 5.00. The Kier molecular flexibility index (Phi) is 6.32. The topological polar surface area (TPSA) is 59.8 Å². The molecule has 0 saturated heterocycles. The number of hydrogen-bond acceptors (Lipinski definition) is 4. The van der Waals surface area contributed by atoms with E-state index < -0.39 is 23.6 Å². The Balaban J connectivity index is 0.00000126. The van der Waals surface area contributed by atoms with Crippen molar-refractivity contribution in [3.8, 4) is 10.6 Å². The molecule has 0 unspecified atom stereocenters. The first-order valence-corrected chi connectivity index (χ1v) is 8.70. The molecule has 1 amide bonds. The number of carbonyl (C=O) groups is 1. The van der Waals surface area contributed by atoms with E-state index in [1.165, 1.54) is 31.4 Å². The van der Waals surface area contributed by atoms with Gasteiger partial charge in [0.05, 0.1) is 16.1 Å². The minimum atomic E-state index is -4.55. The van der Waals surface area contributed by atoms with Crippen LogP contribution in [-0.4, -0.2) is 20.7 Å². The number of halogens is 4. The van der Waals surface area contributed by atoms with Crippen LogP contribution < -0.4 is 5.32 Å². The molecule has 5 nitrogen and oxygen atoms in total. The number of benzene rings is 1. The van der Waals surface area contributed by atoms with Crippen molar-refractivity contribution in [2.24, 2.45) is 7.05 Å². The average molecular weight is 400 g/mol. The fraction of sp³-hybridized carbons (Fsp3) is 0.235. The van der Waals surface area contributed by atoms with Crippen LogP contribution in [0.3, 0.4) is 0 Å². The third kappa shape index (κ3) is 4.70. The van der Waals surface area contributed by atoms with E-state index in [1.54, 1.807) is 0 Å². The van der Waals surface area contributed by atoms with Gasteiger partial charge in [-0.15, -0.1) is 0 Å². The Hall–Kier alpha value is -2.75. The molecule has 0 spiro atoms. The summed E-state index contributed by atoms with van der Waals surface area (Å²) in [5.74, 6) is -1.38. The fourth-order valence-electron chi connectivity index (χ4n) is 2.10. The smallest absolute Gasteiger partial charge is 0.298 e. The zero-order valence-corrected chi connectivity index (χ0v) is 15.5. The van der Waals surface area contributed by atoms with Crippen LogP contribution in [0.1, 0.15) is 29.9 Å². The van der Waals surface area contributed by atoms with Gasteiger partial charge in [0.15, 0.2) is 10.8 Å². The molecule has 27 heavy (non-hydrogen) atoms. The highest BCUT2D eigenvalue weighted by Gasteiger charge is 2.34. The first-order valence-electron chi connectivity index (χ1n) is 7.89. The monoisotopic (exact) mass is 400 g/mol. The van der Waals surface area contributed by atoms with Crippen LogP contribution in [0.25, 0.3) is 10.6 Å². The lowest BCUT2D eigenvalue weighted by Gasteiger charge is -2.02. The first-order chi connectivity index (χ1) is 12.8. The van der Waals surface area contributed by atoms with E-state index in [0.717, 1.165) is 28.2 Å². The number of aryl methyl sites for hydroxylation is 1. The van der Waals surface area contributed by atoms with Crippen molar-refractivity contribution in [1.29, 1.82) is 0 Å². The zero-order valence-electron chi connectivity index (χ0n) is 14.6. The van der Waals surface area contributed by atoms with Crippen molar-refractivity contribution in [2.75, 3.05) is 5.32 Å². The molecule has 2 heterocycles. The van der Waals surface area contributed by atoms with Crippen molar-refractivity contribution in [3.05, 3.63) is 53.6 Å². The predicted octanol–water partition coefficient (Wildman–Crippen LogP) is 4.98. The number of aromatic nitrogens is 3. The van der Waals surface area contributed by atoms with Crippen molar-refractivity contribution < 1.29 is 22.4 Å². The Morgan fingerprint density at radius 1 is 1.22 bits per heavy atom. The summed E-state index contributed by atoms with van der Waals surface area (Å²) in [6.07, 6.45) is -3.23. The Morgan fingerprint density at radius 2 is 1.89 bits per heavy atom. The summed E-state index contributed by atoms with van der Waals surface area (Å²) in [5, 5.41) is 5.98. The summed E-state index contributed by atoms with van der Waals surface area (Å²) in [6.45, 7) is 4.00. The maximum Gasteiger partial charge on any atom is 0.435 e. The van der Waals surface area contributed by atoms with E-state index >= 15 is 0 Å². The summed E-state index contributed by atoms with van der Waals surface area (Å²) in [6, 6.07) is 6.33. The Bertz CT molecular complexity index is 933. The minimum absolute atomic E-state index is 0.137. The number of rotatable bonds is 3. The third-order valence-corrected chi connectivity index (χ3v) is 4.20. The van der Waals surface area contributed by atoms with Crippen LogP contribution in [0.15, 0.2) is 36.5 Å². The van der Waals surface area contributed by atoms with Gasteiger partial charge in [-0.3, -0.25) is 14.8 Å². The van der Waals surface area contributed by atoms with E-state index in [2.05, 4.69) is 15.4 Å². The van der Waals surface area contributed by atoms with Crippen molar-refractivity contribution >= 4 is 22.4 Å². The molecule has 0 fully saturated rings. The van der Waals surface area contributed by atoms with E-state index in [1.807, 2.05) is 13.8 Å². The average Bonchev–Trinajstić information content (AvgIpc) is 3.23. The second-order valence-corrected chi connectivity index (χ2v) is 6.03. The van der Waals surface area contributed by atoms with Gasteiger partial charge in [0.25, 0.3) is 5.91 Å². The molecule has 0 aliphatic heterocycles. The van der Waals surface area contributed by atoms with Gasteiger partial charge >= 0.3 is 6.18 Å². The Morgan fingerprint density at radius 3 is 2.48 bits per heavy atom. The molecule has 0 aliphatic rings. The molecule has 2 aromatic heterocycles. The van der Waals surface area contributed by atoms with Gasteiger partial charge in [0.2, 0.25) is 0 Å². The number of nitrogens with one attached hydrogen (secondary N) is 1. The Labute approximate surface area is 156 Å². The third-order valence-electron chi connectivity index (χ3n) is 3.27. The van der Waals surface area contributed by atoms with E-state index in [-0.39, 0.29) is 16.4 Å². The van der Waals surface area contributed by atoms with Crippen LogP contribution >= 0.6 is 11.3 Å². The van der Waals surface area contributed by atoms with Gasteiger partial charge in [0, 0.05) is 13.2 Å². The SMILES string of the molecule is CC.Cn1nc(C(F)(F)F)cc1-c1cnc(NC(=O)c2ccccc2F)s1. The molecule has 1 N–H and O–H groups in total. The maximum atomic E-state index is 13.6. The quantitative estimate of drug-likeness (QED) is 0.631. The molecule has 0 saturated carbocycles. The lowest BCUT2D eigenvalue weighted by Crippen LogP contribution is -2.13. The molecule has 1 aromatic carbocycles. The standard InChI is InChI=1S/C15H10F4N4OS.C2H6/c1-23-10(6-12(22-23)15(17,18)19)11-7-20-14(25-11)21-13(24)8-4-2-3-5-9(8)16;1-2/h2-7H,1H3,(H,20,21,24);1-2H3. The largest absolute Gasteiger partial charge is 0.435 e. The van der Waals surface area contributed by atoms with Crippen LogP contribution in [-0.2, 0) is 13.2 Å². The highest BCUT2D eigenvalue weighted by Crippen LogP contribution is 2.34. The second kappa shape index (κ2) is 8.30. The summed E-state index contributed by atoms with van der Waals surface area (Å²) in [7, 11) is 1.38. The van der Waals surface area contributed by atoms with Gasteiger partial charge in [-0.25, -0.2) is 9.37 Å². The number of carbonyl (C=O) groups excluding carboxylic acids is 1. The highest BCUT2D eigenvalue weighted by atomic mass is 32.1. The van der Waals surface area contributed by atoms with Gasteiger partial charge in [0.1, 0.15) is 5.82 Å². The van der Waals surface area contributed by atoms with Crippen LogP contribution in [0.2, 0.25) is 0 Å². The number of amides is 1. The molecule has 10 heteroatoms. The lowest BCUT2D eigenvalue weighted by atomic mass is 10.2.